The molecule has 19 heavy (non-hydrogen) atoms. The normalized spacial score (nSPS) is 7.32. The maximum Gasteiger partial charge on any atom is 1.00 e. The molecule has 0 atom stereocenters. The third-order valence-corrected chi connectivity index (χ3v) is 0.605. The van der Waals surface area contributed by atoms with Gasteiger partial charge in [0.2, 0.25) is 0 Å². The largest absolute Gasteiger partial charge is 1.00 e. The molecule has 0 aliphatic rings. The summed E-state index contributed by atoms with van der Waals surface area (Å²) in [5, 5.41) is 53.6. The average Bonchev–Trinajstić information content (AvgIpc) is 1.96. The molecule has 11 nitrogen and oxygen atoms in total. The average molecular weight is 276 g/mol. The number of hydrogen-bond donors (Lipinski definition) is 6. The van der Waals surface area contributed by atoms with Gasteiger partial charge in [-0.15, -0.1) is 0 Å². The van der Waals surface area contributed by atoms with Crippen LogP contribution in [0.1, 0.15) is 12.8 Å². The monoisotopic (exact) mass is 276 g/mol. The predicted molar refractivity (Wildman–Crippen MR) is 50.0 cm³/mol. The zero-order chi connectivity index (χ0) is 15.3. The van der Waals surface area contributed by atoms with Gasteiger partial charge in [0.1, 0.15) is 12.8 Å². The van der Waals surface area contributed by atoms with Gasteiger partial charge >= 0.3 is 50.1 Å². The van der Waals surface area contributed by atoms with Crippen molar-refractivity contribution in [3.05, 3.63) is 0 Å². The smallest absolute Gasteiger partial charge is 0.832 e. The molecular formula is C6H10BLiO11. The molecule has 0 rings (SSSR count). The van der Waals surface area contributed by atoms with Crippen molar-refractivity contribution >= 4 is 31.2 Å². The van der Waals surface area contributed by atoms with Crippen molar-refractivity contribution in [2.75, 3.05) is 0 Å². The Morgan fingerprint density at radius 1 is 0.737 bits per heavy atom. The molecule has 0 amide bonds. The molecule has 0 saturated heterocycles. The fourth-order valence-corrected chi connectivity index (χ4v) is 0.259. The Morgan fingerprint density at radius 3 is 0.842 bits per heavy atom. The summed E-state index contributed by atoms with van der Waals surface area (Å²) in [5.41, 5.74) is 0. The van der Waals surface area contributed by atoms with E-state index in [0.717, 1.165) is 0 Å². The zero-order valence-corrected chi connectivity index (χ0v) is 9.72. The van der Waals surface area contributed by atoms with Gasteiger partial charge in [-0.25, -0.2) is 0 Å². The molecule has 0 aromatic carbocycles. The molecule has 13 heteroatoms. The second-order valence-corrected chi connectivity index (χ2v) is 2.25. The van der Waals surface area contributed by atoms with Gasteiger partial charge in [0.25, 0.3) is 0 Å². The van der Waals surface area contributed by atoms with Crippen LogP contribution in [0.4, 0.5) is 0 Å². The van der Waals surface area contributed by atoms with E-state index in [4.69, 9.17) is 35.5 Å². The minimum atomic E-state index is -2.42. The summed E-state index contributed by atoms with van der Waals surface area (Å²) in [6.45, 7) is 0. The zero-order valence-electron chi connectivity index (χ0n) is 9.72. The van der Waals surface area contributed by atoms with Gasteiger partial charge in [-0.3, -0.25) is 19.2 Å². The molecule has 0 spiro atoms. The Kier molecular flexibility index (Phi) is 22.5. The van der Waals surface area contributed by atoms with E-state index >= 15 is 0 Å². The van der Waals surface area contributed by atoms with Crippen LogP contribution in [0.3, 0.4) is 0 Å². The van der Waals surface area contributed by atoms with Crippen LogP contribution in [0.25, 0.3) is 0 Å². The molecule has 6 N–H and O–H groups in total. The first-order chi connectivity index (χ1) is 7.98. The molecule has 0 fully saturated rings. The van der Waals surface area contributed by atoms with E-state index in [-0.39, 0.29) is 18.9 Å². The minimum Gasteiger partial charge on any atom is -0.832 e. The molecular weight excluding hydrogens is 266 g/mol. The van der Waals surface area contributed by atoms with E-state index in [9.17, 15) is 19.2 Å². The first-order valence-corrected chi connectivity index (χ1v) is 3.88. The number of hydrogen-bond acceptors (Lipinski definition) is 7. The summed E-state index contributed by atoms with van der Waals surface area (Å²) in [5.74, 6) is -5.25. The van der Waals surface area contributed by atoms with E-state index < -0.39 is 44.0 Å². The molecule has 0 unspecified atom stereocenters. The molecule has 0 saturated carbocycles. The van der Waals surface area contributed by atoms with E-state index in [1.54, 1.807) is 0 Å². The molecule has 0 aliphatic heterocycles. The molecule has 0 aliphatic carbocycles. The van der Waals surface area contributed by atoms with Gasteiger partial charge in [-0.05, 0) is 0 Å². The van der Waals surface area contributed by atoms with Crippen molar-refractivity contribution in [1.29, 1.82) is 0 Å². The van der Waals surface area contributed by atoms with Gasteiger partial charge < -0.3 is 35.5 Å². The Balaban J connectivity index is -0.0000000900. The van der Waals surface area contributed by atoms with Crippen LogP contribution in [0.5, 0.6) is 0 Å². The number of rotatable bonds is 4. The third kappa shape index (κ3) is 82.8. The summed E-state index contributed by atoms with van der Waals surface area (Å²) in [4.78, 5) is 37.7. The van der Waals surface area contributed by atoms with Crippen molar-refractivity contribution < 1.29 is 73.5 Å². The van der Waals surface area contributed by atoms with E-state index in [1.807, 2.05) is 0 Å². The number of carbonyl (C=O) groups is 4. The standard InChI is InChI=1S/2C3H4O4.BH2O3.Li/c2*4-2(5)1-3(6)7;2-1(3)4;/h2*1H2,(H,4,5)(H,6,7);2-3H;/q;;-1;+1. The maximum atomic E-state index is 9.43. The van der Waals surface area contributed by atoms with Crippen LogP contribution in [0.15, 0.2) is 0 Å². The predicted octanol–water partition coefficient (Wildman–Crippen LogP) is -6.59. The van der Waals surface area contributed by atoms with Crippen LogP contribution < -0.4 is 23.9 Å². The summed E-state index contributed by atoms with van der Waals surface area (Å²) in [7, 11) is -2.42. The van der Waals surface area contributed by atoms with Gasteiger partial charge in [0.05, 0.1) is 0 Å². The van der Waals surface area contributed by atoms with Crippen LogP contribution in [-0.4, -0.2) is 61.7 Å². The summed E-state index contributed by atoms with van der Waals surface area (Å²) in [6, 6.07) is 0. The van der Waals surface area contributed by atoms with Crippen LogP contribution in [-0.2, 0) is 19.2 Å². The second kappa shape index (κ2) is 16.4. The van der Waals surface area contributed by atoms with Crippen LogP contribution in [0, 0.1) is 0 Å². The molecule has 0 radical (unpaired) electrons. The second-order valence-electron chi connectivity index (χ2n) is 2.25. The van der Waals surface area contributed by atoms with E-state index in [2.05, 4.69) is 0 Å². The Labute approximate surface area is 118 Å². The Bertz CT molecular complexity index is 238. The van der Waals surface area contributed by atoms with Crippen molar-refractivity contribution in [3.63, 3.8) is 0 Å². The minimum absolute atomic E-state index is 0. The van der Waals surface area contributed by atoms with E-state index in [0.29, 0.717) is 0 Å². The molecule has 0 aromatic rings. The maximum absolute atomic E-state index is 9.43. The Morgan fingerprint density at radius 2 is 0.842 bits per heavy atom. The fourth-order valence-electron chi connectivity index (χ4n) is 0.259. The van der Waals surface area contributed by atoms with Gasteiger partial charge in [0.15, 0.2) is 0 Å². The number of carboxylic acids is 4. The topological polar surface area (TPSA) is 213 Å². The van der Waals surface area contributed by atoms with Gasteiger partial charge in [-0.1, -0.05) is 0 Å². The van der Waals surface area contributed by atoms with Crippen molar-refractivity contribution in [2.24, 2.45) is 0 Å². The number of carboxylic acid groups (broad SMARTS) is 4. The summed E-state index contributed by atoms with van der Waals surface area (Å²) in [6.07, 6.45) is -1.61. The van der Waals surface area contributed by atoms with Gasteiger partial charge in [0, 0.05) is 0 Å². The summed E-state index contributed by atoms with van der Waals surface area (Å²) >= 11 is 0. The SMILES string of the molecule is O=C(O)CC(=O)O.O=C(O)CC(=O)O.[Li+].[O-]B(O)O. The Hall–Kier alpha value is -1.58. The van der Waals surface area contributed by atoms with Crippen LogP contribution >= 0.6 is 0 Å². The molecule has 104 valence electrons. The molecule has 0 aromatic heterocycles. The van der Waals surface area contributed by atoms with Crippen LogP contribution in [0.2, 0.25) is 0 Å². The first-order valence-electron chi connectivity index (χ1n) is 3.88. The quantitative estimate of drug-likeness (QED) is 0.209. The summed E-state index contributed by atoms with van der Waals surface area (Å²) < 4.78 is 0. The fraction of sp³-hybridized carbons (Fsp3) is 0.333. The van der Waals surface area contributed by atoms with Crippen molar-refractivity contribution in [1.82, 2.24) is 0 Å². The molecule has 0 bridgehead atoms. The van der Waals surface area contributed by atoms with Crippen molar-refractivity contribution in [3.8, 4) is 0 Å². The molecule has 0 heterocycles. The number of aliphatic carboxylic acids is 4. The third-order valence-electron chi connectivity index (χ3n) is 0.605. The van der Waals surface area contributed by atoms with E-state index in [1.165, 1.54) is 0 Å². The van der Waals surface area contributed by atoms with Gasteiger partial charge in [-0.2, -0.15) is 0 Å². The first kappa shape index (κ1) is 26.1. The van der Waals surface area contributed by atoms with Crippen molar-refractivity contribution in [2.45, 2.75) is 12.8 Å².